The van der Waals surface area contributed by atoms with Crippen molar-refractivity contribution in [1.82, 2.24) is 0 Å². The van der Waals surface area contributed by atoms with E-state index in [0.29, 0.717) is 0 Å². The molecule has 0 heterocycles. The van der Waals surface area contributed by atoms with Crippen molar-refractivity contribution in [2.24, 2.45) is 0 Å². The first-order chi connectivity index (χ1) is 0. The summed E-state index contributed by atoms with van der Waals surface area (Å²) in [6, 6.07) is 0. The quantitative estimate of drug-likeness (QED) is 0.250. The maximum Gasteiger partial charge on any atom is 5.00 e. The molecule has 0 atom stereocenters. The van der Waals surface area contributed by atoms with Gasteiger partial charge in [-0.25, -0.2) is 0 Å². The largest absolute Gasteiger partial charge is 5.00 e. The average molecular weight is 170 g/mol. The van der Waals surface area contributed by atoms with Crippen LogP contribution in [-0.4, -0.2) is 18.0 Å². The molecular weight excluding hydrogens is 170 g/mol. The van der Waals surface area contributed by atoms with Crippen molar-refractivity contribution in [3.63, 3.8) is 0 Å². The Kier molecular flexibility index (Phi) is 1370000. The molecule has 6 heavy (non-hydrogen) atoms. The summed E-state index contributed by atoms with van der Waals surface area (Å²) in [4.78, 5) is 0. The van der Waals surface area contributed by atoms with Crippen molar-refractivity contribution in [3.05, 3.63) is 0 Å². The Bertz CT molecular complexity index is 3.90. The summed E-state index contributed by atoms with van der Waals surface area (Å²) in [6.45, 7) is 0. The molecule has 0 nitrogen and oxygen atoms in total. The summed E-state index contributed by atoms with van der Waals surface area (Å²) in [6.07, 6.45) is 0. The van der Waals surface area contributed by atoms with E-state index in [1.165, 1.54) is 0 Å². The van der Waals surface area contributed by atoms with Crippen LogP contribution >= 0.6 is 0 Å². The first-order valence-corrected chi connectivity index (χ1v) is 0. The fraction of sp³-hybridized carbons (Fsp3) is 0. The minimum atomic E-state index is 0. The van der Waals surface area contributed by atoms with E-state index < -0.39 is 0 Å². The first-order valence-electron chi connectivity index (χ1n) is 0. The molecular formula is AsF5. The molecule has 0 saturated carbocycles. The molecule has 0 spiro atoms. The maximum absolute atomic E-state index is 0. The fourth-order valence-corrected chi connectivity index (χ4v) is 0. The Balaban J connectivity index is 0. The smallest absolute Gasteiger partial charge is 1.00 e. The summed E-state index contributed by atoms with van der Waals surface area (Å²) in [5, 5.41) is 0. The molecule has 0 aromatic rings. The standard InChI is InChI=1S/As.5FH/h;5*1H/q+5;;;;;/p-5. The van der Waals surface area contributed by atoms with Gasteiger partial charge in [-0.1, -0.05) is 0 Å². The van der Waals surface area contributed by atoms with Crippen molar-refractivity contribution in [1.29, 1.82) is 0 Å². The van der Waals surface area contributed by atoms with Crippen molar-refractivity contribution in [3.8, 4) is 0 Å². The zero-order chi connectivity index (χ0) is 0. The Hall–Kier alpha value is 0.208. The van der Waals surface area contributed by atoms with E-state index in [4.69, 9.17) is 0 Å². The molecule has 0 unspecified atom stereocenters. The van der Waals surface area contributed by atoms with Crippen LogP contribution in [0.5, 0.6) is 0 Å². The van der Waals surface area contributed by atoms with E-state index in [9.17, 15) is 0 Å². The van der Waals surface area contributed by atoms with Gasteiger partial charge in [0.2, 0.25) is 0 Å². The minimum Gasteiger partial charge on any atom is -1.00 e. The van der Waals surface area contributed by atoms with Crippen LogP contribution in [-0.2, 0) is 0 Å². The van der Waals surface area contributed by atoms with Crippen molar-refractivity contribution in [2.45, 2.75) is 0 Å². The van der Waals surface area contributed by atoms with Gasteiger partial charge in [0.25, 0.3) is 0 Å². The van der Waals surface area contributed by atoms with Crippen LogP contribution in [0.2, 0.25) is 0 Å². The summed E-state index contributed by atoms with van der Waals surface area (Å²) in [5.74, 6) is 0. The molecule has 0 radical (unpaired) electrons. The molecule has 0 N–H and O–H groups in total. The van der Waals surface area contributed by atoms with E-state index >= 15 is 0 Å². The number of rotatable bonds is 0. The molecule has 0 aliphatic heterocycles. The second-order valence-electron chi connectivity index (χ2n) is 0. The van der Waals surface area contributed by atoms with Gasteiger partial charge in [-0.05, 0) is 0 Å². The molecule has 0 saturated heterocycles. The van der Waals surface area contributed by atoms with Gasteiger partial charge in [-0.3, -0.25) is 0 Å². The van der Waals surface area contributed by atoms with Gasteiger partial charge in [0, 0.05) is 0 Å². The van der Waals surface area contributed by atoms with Gasteiger partial charge in [0.05, 0.1) is 0 Å². The molecule has 0 aliphatic rings. The second-order valence-corrected chi connectivity index (χ2v) is 0. The zero-order valence-electron chi connectivity index (χ0n) is 2.34. The Labute approximate surface area is 42.4 Å². The van der Waals surface area contributed by atoms with Crippen LogP contribution < -0.4 is 23.5 Å². The fourth-order valence-electron chi connectivity index (χ4n) is 0. The van der Waals surface area contributed by atoms with E-state index in [1.807, 2.05) is 0 Å². The third-order valence-electron chi connectivity index (χ3n) is 0. The third kappa shape index (κ3) is 997. The van der Waals surface area contributed by atoms with Crippen LogP contribution in [0.3, 0.4) is 0 Å². The van der Waals surface area contributed by atoms with Crippen LogP contribution in [0, 0.1) is 0 Å². The Morgan fingerprint density at radius 1 is 0.333 bits per heavy atom. The second kappa shape index (κ2) is 2120. The minimum absolute atomic E-state index is 0. The van der Waals surface area contributed by atoms with E-state index in [1.54, 1.807) is 0 Å². The predicted octanol–water partition coefficient (Wildman–Crippen LogP) is -15.4. The predicted molar refractivity (Wildman–Crippen MR) is 5.75 cm³/mol. The first kappa shape index (κ1) is 3880. The van der Waals surface area contributed by atoms with E-state index in [2.05, 4.69) is 0 Å². The van der Waals surface area contributed by atoms with Crippen molar-refractivity contribution < 1.29 is 23.5 Å². The summed E-state index contributed by atoms with van der Waals surface area (Å²) < 4.78 is 0. The van der Waals surface area contributed by atoms with E-state index in [-0.39, 0.29) is 41.5 Å². The van der Waals surface area contributed by atoms with Gasteiger partial charge in [0.15, 0.2) is 0 Å². The molecule has 0 rings (SSSR count). The monoisotopic (exact) mass is 170 g/mol. The number of halogens is 5. The Morgan fingerprint density at radius 2 is 0.333 bits per heavy atom. The van der Waals surface area contributed by atoms with Crippen molar-refractivity contribution >= 4 is 18.0 Å². The third-order valence-corrected chi connectivity index (χ3v) is 0. The van der Waals surface area contributed by atoms with Gasteiger partial charge >= 0.3 is 18.0 Å². The van der Waals surface area contributed by atoms with Gasteiger partial charge < -0.3 is 23.5 Å². The maximum atomic E-state index is 0. The molecule has 40 valence electrons. The number of hydrogen-bond acceptors (Lipinski definition) is 0. The molecule has 0 aliphatic carbocycles. The molecule has 0 fully saturated rings. The average Bonchev–Trinajstić information content (AvgIpc) is 0. The molecule has 0 aromatic carbocycles. The molecule has 0 bridgehead atoms. The number of hydrogen-bond donors (Lipinski definition) is 0. The van der Waals surface area contributed by atoms with Crippen LogP contribution in [0.1, 0.15) is 0 Å². The summed E-state index contributed by atoms with van der Waals surface area (Å²) in [7, 11) is 0. The summed E-state index contributed by atoms with van der Waals surface area (Å²) >= 11 is 0. The topological polar surface area (TPSA) is 0 Å². The molecule has 0 aromatic heterocycles. The Morgan fingerprint density at radius 3 is 0.333 bits per heavy atom. The SMILES string of the molecule is [As+5].[F-].[F-].[F-].[F-].[F-]. The normalized spacial score (nSPS) is 0. The van der Waals surface area contributed by atoms with Crippen LogP contribution in [0.25, 0.3) is 0 Å². The van der Waals surface area contributed by atoms with Gasteiger partial charge in [-0.15, -0.1) is 0 Å². The summed E-state index contributed by atoms with van der Waals surface area (Å²) in [5.41, 5.74) is 0. The van der Waals surface area contributed by atoms with Crippen LogP contribution in [0.4, 0.5) is 0 Å². The van der Waals surface area contributed by atoms with Gasteiger partial charge in [-0.2, -0.15) is 0 Å². The van der Waals surface area contributed by atoms with Crippen molar-refractivity contribution in [2.75, 3.05) is 0 Å². The van der Waals surface area contributed by atoms with Crippen LogP contribution in [0.15, 0.2) is 0 Å². The molecule has 6 heteroatoms. The van der Waals surface area contributed by atoms with E-state index in [0.717, 1.165) is 0 Å². The molecule has 0 amide bonds. The van der Waals surface area contributed by atoms with Gasteiger partial charge in [0.1, 0.15) is 0 Å². The zero-order valence-corrected chi connectivity index (χ0v) is 4.21.